The molecule has 1 aromatic carbocycles. The van der Waals surface area contributed by atoms with Gasteiger partial charge in [-0.1, -0.05) is 24.4 Å². The molecule has 3 fully saturated rings. The molecule has 3 aliphatic carbocycles. The molecule has 14 heteroatoms. The molecule has 4 atom stereocenters. The first kappa shape index (κ1) is 26.7. The highest BCUT2D eigenvalue weighted by atomic mass is 35.5. The third-order valence-corrected chi connectivity index (χ3v) is 8.47. The number of carbonyl (C=O) groups is 2. The van der Waals surface area contributed by atoms with Gasteiger partial charge in [0, 0.05) is 31.4 Å². The van der Waals surface area contributed by atoms with Crippen molar-refractivity contribution < 1.29 is 31.5 Å². The van der Waals surface area contributed by atoms with Crippen LogP contribution in [-0.4, -0.2) is 43.1 Å². The highest BCUT2D eigenvalue weighted by molar-refractivity contribution is 6.34. The zero-order valence-corrected chi connectivity index (χ0v) is 21.9. The number of hydrogen-bond donors (Lipinski definition) is 2. The highest BCUT2D eigenvalue weighted by Gasteiger charge is 2.59. The van der Waals surface area contributed by atoms with E-state index < -0.39 is 41.7 Å². The Morgan fingerprint density at radius 2 is 1.93 bits per heavy atom. The molecule has 2 amide bonds. The van der Waals surface area contributed by atoms with E-state index in [1.54, 1.807) is 0 Å². The second kappa shape index (κ2) is 9.28. The lowest BCUT2D eigenvalue weighted by molar-refractivity contribution is -0.141. The zero-order chi connectivity index (χ0) is 28.6. The minimum Gasteiger partial charge on any atom is -0.349 e. The molecule has 2 aromatic heterocycles. The van der Waals surface area contributed by atoms with Crippen LogP contribution in [0.25, 0.3) is 11.3 Å². The van der Waals surface area contributed by atoms with Crippen LogP contribution in [0, 0.1) is 11.8 Å². The Balaban J connectivity index is 1.18. The van der Waals surface area contributed by atoms with Gasteiger partial charge in [0.15, 0.2) is 11.5 Å². The van der Waals surface area contributed by atoms with Crippen LogP contribution in [0.4, 0.5) is 27.6 Å². The Morgan fingerprint density at radius 1 is 1.18 bits per heavy atom. The molecular formula is C26H24ClF5N6O2. The van der Waals surface area contributed by atoms with E-state index >= 15 is 0 Å². The van der Waals surface area contributed by atoms with Crippen LogP contribution in [0.5, 0.6) is 0 Å². The van der Waals surface area contributed by atoms with Gasteiger partial charge in [-0.25, -0.2) is 13.8 Å². The van der Waals surface area contributed by atoms with E-state index in [4.69, 9.17) is 11.6 Å². The second-order valence-corrected chi connectivity index (χ2v) is 11.1. The number of fused-ring (bicyclic) bond motifs is 1. The van der Waals surface area contributed by atoms with Gasteiger partial charge >= 0.3 is 6.18 Å². The maximum atomic E-state index is 13.7. The third kappa shape index (κ3) is 4.63. The first-order valence-electron chi connectivity index (χ1n) is 12.8. The van der Waals surface area contributed by atoms with Crippen molar-refractivity contribution in [1.29, 1.82) is 0 Å². The summed E-state index contributed by atoms with van der Waals surface area (Å²) < 4.78 is 69.7. The molecule has 6 rings (SSSR count). The fraction of sp³-hybridized carbons (Fsp3) is 0.462. The molecule has 212 valence electrons. The highest BCUT2D eigenvalue weighted by Crippen LogP contribution is 2.53. The van der Waals surface area contributed by atoms with Crippen LogP contribution in [-0.2, 0) is 13.2 Å². The number of halogens is 6. The molecule has 0 saturated heterocycles. The predicted molar refractivity (Wildman–Crippen MR) is 134 cm³/mol. The van der Waals surface area contributed by atoms with Crippen LogP contribution in [0.2, 0.25) is 5.02 Å². The van der Waals surface area contributed by atoms with Gasteiger partial charge in [0.2, 0.25) is 0 Å². The summed E-state index contributed by atoms with van der Waals surface area (Å²) in [4.78, 5) is 29.6. The van der Waals surface area contributed by atoms with E-state index in [1.165, 1.54) is 38.1 Å². The van der Waals surface area contributed by atoms with Crippen molar-refractivity contribution in [2.24, 2.45) is 18.9 Å². The quantitative estimate of drug-likeness (QED) is 0.364. The van der Waals surface area contributed by atoms with Gasteiger partial charge in [-0.15, -0.1) is 0 Å². The average Bonchev–Trinajstić information content (AvgIpc) is 3.24. The fourth-order valence-corrected chi connectivity index (χ4v) is 6.14. The summed E-state index contributed by atoms with van der Waals surface area (Å²) in [6, 6.07) is 3.06. The lowest BCUT2D eigenvalue weighted by Gasteiger charge is -2.41. The molecule has 0 aliphatic heterocycles. The third-order valence-electron chi connectivity index (χ3n) is 8.16. The summed E-state index contributed by atoms with van der Waals surface area (Å²) in [5.41, 5.74) is -1.44. The van der Waals surface area contributed by atoms with Gasteiger partial charge in [-0.05, 0) is 42.9 Å². The van der Waals surface area contributed by atoms with E-state index in [0.717, 1.165) is 29.8 Å². The molecule has 40 heavy (non-hydrogen) atoms. The molecule has 0 radical (unpaired) electrons. The number of benzene rings is 1. The van der Waals surface area contributed by atoms with Crippen molar-refractivity contribution in [1.82, 2.24) is 24.6 Å². The molecule has 2 heterocycles. The van der Waals surface area contributed by atoms with E-state index in [2.05, 4.69) is 20.7 Å². The van der Waals surface area contributed by atoms with E-state index in [-0.39, 0.29) is 39.7 Å². The normalized spacial score (nSPS) is 24.8. The van der Waals surface area contributed by atoms with E-state index in [9.17, 15) is 31.5 Å². The topological polar surface area (TPSA) is 93.8 Å². The Hall–Kier alpha value is -3.48. The molecule has 3 aromatic rings. The Bertz CT molecular complexity index is 1520. The number of anilines is 1. The summed E-state index contributed by atoms with van der Waals surface area (Å²) >= 11 is 6.34. The number of amides is 2. The number of alkyl halides is 5. The van der Waals surface area contributed by atoms with Crippen LogP contribution >= 0.6 is 11.6 Å². The van der Waals surface area contributed by atoms with Gasteiger partial charge in [-0.2, -0.15) is 18.3 Å². The van der Waals surface area contributed by atoms with Crippen LogP contribution in [0.1, 0.15) is 64.8 Å². The van der Waals surface area contributed by atoms with Crippen molar-refractivity contribution in [2.75, 3.05) is 5.32 Å². The summed E-state index contributed by atoms with van der Waals surface area (Å²) in [6.07, 6.45) is 0.886. The van der Waals surface area contributed by atoms with E-state index in [1.807, 2.05) is 0 Å². The lowest BCUT2D eigenvalue weighted by atomic mass is 9.71. The number of nitrogens with zero attached hydrogens (tertiary/aromatic N) is 4. The Morgan fingerprint density at radius 3 is 2.58 bits per heavy atom. The Labute approximate surface area is 229 Å². The first-order chi connectivity index (χ1) is 18.8. The van der Waals surface area contributed by atoms with Gasteiger partial charge in [-0.3, -0.25) is 14.3 Å². The lowest BCUT2D eigenvalue weighted by Crippen LogP contribution is -2.50. The maximum Gasteiger partial charge on any atom is 0.435 e. The SMILES string of the molecule is Cn1c(-c2cn(C3CC3(F)F)nc2C(F)(F)F)cnc1C(=O)Nc1ccc(C(=O)NC2CC3CCCC32)c(Cl)c1. The minimum absolute atomic E-state index is 0.122. The second-order valence-electron chi connectivity index (χ2n) is 10.7. The van der Waals surface area contributed by atoms with Crippen LogP contribution < -0.4 is 10.6 Å². The molecule has 0 bridgehead atoms. The molecule has 0 spiro atoms. The van der Waals surface area contributed by atoms with Crippen molar-refractivity contribution >= 4 is 29.1 Å². The largest absolute Gasteiger partial charge is 0.435 e. The van der Waals surface area contributed by atoms with Crippen LogP contribution in [0.3, 0.4) is 0 Å². The van der Waals surface area contributed by atoms with Gasteiger partial charge in [0.05, 0.1) is 28.0 Å². The average molecular weight is 583 g/mol. The number of nitrogens with one attached hydrogen (secondary N) is 2. The van der Waals surface area contributed by atoms with Gasteiger partial charge in [0.25, 0.3) is 17.7 Å². The van der Waals surface area contributed by atoms with Crippen molar-refractivity contribution in [3.8, 4) is 11.3 Å². The molecule has 3 saturated carbocycles. The maximum absolute atomic E-state index is 13.7. The summed E-state index contributed by atoms with van der Waals surface area (Å²) in [5.74, 6) is -3.21. The molecule has 2 N–H and O–H groups in total. The fourth-order valence-electron chi connectivity index (χ4n) is 5.87. The van der Waals surface area contributed by atoms with Crippen molar-refractivity contribution in [3.05, 3.63) is 52.7 Å². The molecule has 4 unspecified atom stereocenters. The van der Waals surface area contributed by atoms with Crippen molar-refractivity contribution in [3.63, 3.8) is 0 Å². The number of aromatic nitrogens is 4. The molecule has 3 aliphatic rings. The molecular weight excluding hydrogens is 559 g/mol. The number of rotatable bonds is 6. The van der Waals surface area contributed by atoms with Crippen LogP contribution in [0.15, 0.2) is 30.6 Å². The van der Waals surface area contributed by atoms with Crippen molar-refractivity contribution in [2.45, 2.75) is 56.3 Å². The smallest absolute Gasteiger partial charge is 0.349 e. The summed E-state index contributed by atoms with van der Waals surface area (Å²) in [7, 11) is 1.33. The summed E-state index contributed by atoms with van der Waals surface area (Å²) in [6.45, 7) is 0. The summed E-state index contributed by atoms with van der Waals surface area (Å²) in [5, 5.41) is 9.11. The zero-order valence-electron chi connectivity index (χ0n) is 21.1. The Kier molecular flexibility index (Phi) is 6.20. The first-order valence-corrected chi connectivity index (χ1v) is 13.2. The standard InChI is InChI=1S/C26H24ClF5N6O2/c1-37-19(16-11-38(20-9-25(20,28)29)36-21(16)26(30,31)32)10-33-22(37)24(40)34-13-5-6-15(17(27)8-13)23(39)35-18-7-12-3-2-4-14(12)18/h5-6,8,10-12,14,18,20H,2-4,7,9H2,1H3,(H,34,40)(H,35,39). The number of carbonyl (C=O) groups excluding carboxylic acids is 2. The molecule has 8 nitrogen and oxygen atoms in total. The van der Waals surface area contributed by atoms with Gasteiger partial charge < -0.3 is 15.2 Å². The van der Waals surface area contributed by atoms with E-state index in [0.29, 0.717) is 16.5 Å². The number of hydrogen-bond acceptors (Lipinski definition) is 4. The minimum atomic E-state index is -4.92. The number of imidazole rings is 1. The predicted octanol–water partition coefficient (Wildman–Crippen LogP) is 5.71. The van der Waals surface area contributed by atoms with Gasteiger partial charge in [0.1, 0.15) is 6.04 Å². The monoisotopic (exact) mass is 582 g/mol.